The van der Waals surface area contributed by atoms with Gasteiger partial charge in [0, 0.05) is 28.5 Å². The number of pyridine rings is 2. The summed E-state index contributed by atoms with van der Waals surface area (Å²) in [6.45, 7) is 4.21. The molecule has 0 bridgehead atoms. The van der Waals surface area contributed by atoms with Gasteiger partial charge in [-0.3, -0.25) is 9.97 Å². The van der Waals surface area contributed by atoms with E-state index in [9.17, 15) is 0 Å². The van der Waals surface area contributed by atoms with Crippen LogP contribution < -0.4 is 0 Å². The third kappa shape index (κ3) is 3.11. The maximum absolute atomic E-state index is 4.63. The molecule has 6 heteroatoms. The summed E-state index contributed by atoms with van der Waals surface area (Å²) in [6, 6.07) is 11.4. The van der Waals surface area contributed by atoms with Gasteiger partial charge in [0.15, 0.2) is 11.7 Å². The Balaban J connectivity index is 2.09. The van der Waals surface area contributed by atoms with Gasteiger partial charge in [0.2, 0.25) is 0 Å². The number of nitrogens with zero attached hydrogens (tertiary/aromatic N) is 5. The van der Waals surface area contributed by atoms with Gasteiger partial charge in [-0.1, -0.05) is 26.0 Å². The van der Waals surface area contributed by atoms with Gasteiger partial charge in [0.1, 0.15) is 11.4 Å². The largest absolute Gasteiger partial charge is 0.253 e. The fourth-order valence-corrected chi connectivity index (χ4v) is 2.83. The third-order valence-corrected chi connectivity index (χ3v) is 4.34. The van der Waals surface area contributed by atoms with Crippen molar-refractivity contribution in [1.82, 2.24) is 9.97 Å². The van der Waals surface area contributed by atoms with Crippen LogP contribution in [-0.4, -0.2) is 26.9 Å². The van der Waals surface area contributed by atoms with E-state index in [0.717, 1.165) is 11.4 Å². The Morgan fingerprint density at radius 2 is 1.48 bits per heavy atom. The van der Waals surface area contributed by atoms with Crippen molar-refractivity contribution in [2.75, 3.05) is 0 Å². The summed E-state index contributed by atoms with van der Waals surface area (Å²) in [5.41, 5.74) is 1.53. The molecule has 21 heavy (non-hydrogen) atoms. The van der Waals surface area contributed by atoms with Crippen molar-refractivity contribution in [3.05, 3.63) is 60.2 Å². The number of hydrogen-bond donors (Lipinski definition) is 0. The summed E-state index contributed by atoms with van der Waals surface area (Å²) < 4.78 is 9.25. The molecule has 3 rings (SSSR count). The van der Waals surface area contributed by atoms with Crippen LogP contribution in [0.2, 0.25) is 0 Å². The molecule has 0 radical (unpaired) electrons. The van der Waals surface area contributed by atoms with E-state index in [-0.39, 0.29) is 0 Å². The van der Waals surface area contributed by atoms with Gasteiger partial charge in [-0.05, 0) is 24.3 Å². The van der Waals surface area contributed by atoms with Crippen molar-refractivity contribution in [2.45, 2.75) is 19.1 Å². The second-order valence-electron chi connectivity index (χ2n) is 4.71. The van der Waals surface area contributed by atoms with Gasteiger partial charge >= 0.3 is 0 Å². The molecule has 3 heterocycles. The van der Waals surface area contributed by atoms with Crippen LogP contribution in [0.15, 0.2) is 62.5 Å². The first-order valence-corrected chi connectivity index (χ1v) is 7.89. The van der Waals surface area contributed by atoms with Crippen LogP contribution in [0, 0.1) is 0 Å². The average Bonchev–Trinajstić information content (AvgIpc) is 2.56. The van der Waals surface area contributed by atoms with Gasteiger partial charge in [-0.15, -0.1) is 0 Å². The molecule has 1 aliphatic rings. The van der Waals surface area contributed by atoms with E-state index in [0.29, 0.717) is 16.9 Å². The lowest BCUT2D eigenvalue weighted by Crippen LogP contribution is -2.17. The zero-order valence-corrected chi connectivity index (χ0v) is 12.7. The molecule has 0 amide bonds. The van der Waals surface area contributed by atoms with Gasteiger partial charge < -0.3 is 0 Å². The molecule has 1 unspecified atom stereocenters. The lowest BCUT2D eigenvalue weighted by molar-refractivity contribution is 1.10. The molecule has 0 N–H and O–H groups in total. The Bertz CT molecular complexity index is 680. The van der Waals surface area contributed by atoms with E-state index in [4.69, 9.17) is 0 Å². The van der Waals surface area contributed by atoms with Crippen molar-refractivity contribution >= 4 is 22.5 Å². The van der Waals surface area contributed by atoms with Gasteiger partial charge in [0.05, 0.1) is 0 Å². The predicted molar refractivity (Wildman–Crippen MR) is 86.5 cm³/mol. The van der Waals surface area contributed by atoms with Gasteiger partial charge in [-0.2, -0.15) is 8.76 Å². The Labute approximate surface area is 126 Å². The summed E-state index contributed by atoms with van der Waals surface area (Å²) in [7, 11) is -0.455. The molecule has 1 atom stereocenters. The van der Waals surface area contributed by atoms with E-state index in [1.807, 2.05) is 36.4 Å². The minimum Gasteiger partial charge on any atom is -0.253 e. The molecule has 5 nitrogen and oxygen atoms in total. The Morgan fingerprint density at radius 3 is 2.00 bits per heavy atom. The Kier molecular flexibility index (Phi) is 3.96. The fraction of sp³-hybridized carbons (Fsp3) is 0.200. The second-order valence-corrected chi connectivity index (χ2v) is 6.61. The first-order chi connectivity index (χ1) is 10.2. The summed E-state index contributed by atoms with van der Waals surface area (Å²) >= 11 is 0. The fourth-order valence-electron chi connectivity index (χ4n) is 1.75. The molecule has 0 spiro atoms. The quantitative estimate of drug-likeness (QED) is 0.874. The molecule has 0 fully saturated rings. The average molecular weight is 297 g/mol. The van der Waals surface area contributed by atoms with Crippen LogP contribution in [0.4, 0.5) is 0 Å². The molecule has 2 aromatic heterocycles. The lowest BCUT2D eigenvalue weighted by Gasteiger charge is -2.14. The van der Waals surface area contributed by atoms with Crippen molar-refractivity contribution in [2.24, 2.45) is 13.8 Å². The predicted octanol–water partition coefficient (Wildman–Crippen LogP) is 2.81. The first-order valence-electron chi connectivity index (χ1n) is 6.69. The van der Waals surface area contributed by atoms with Gasteiger partial charge in [-0.25, -0.2) is 4.99 Å². The number of amidine groups is 2. The highest BCUT2D eigenvalue weighted by molar-refractivity contribution is 7.87. The number of aromatic nitrogens is 2. The van der Waals surface area contributed by atoms with Crippen LogP contribution in [0.25, 0.3) is 0 Å². The highest BCUT2D eigenvalue weighted by Crippen LogP contribution is 2.14. The number of rotatable bonds is 3. The van der Waals surface area contributed by atoms with E-state index in [1.165, 1.54) is 0 Å². The zero-order valence-electron chi connectivity index (χ0n) is 11.8. The van der Waals surface area contributed by atoms with E-state index >= 15 is 0 Å². The summed E-state index contributed by atoms with van der Waals surface area (Å²) in [5.74, 6) is 1.26. The molecule has 106 valence electrons. The van der Waals surface area contributed by atoms with Crippen LogP contribution in [0.1, 0.15) is 25.2 Å². The molecule has 0 saturated carbocycles. The summed E-state index contributed by atoms with van der Waals surface area (Å²) in [4.78, 5) is 13.2. The van der Waals surface area contributed by atoms with Crippen molar-refractivity contribution in [3.63, 3.8) is 0 Å². The molecular formula is C15H15N5S. The monoisotopic (exact) mass is 297 g/mol. The van der Waals surface area contributed by atoms with Gasteiger partial charge in [0.25, 0.3) is 0 Å². The van der Waals surface area contributed by atoms with Crippen LogP contribution in [0.5, 0.6) is 0 Å². The lowest BCUT2D eigenvalue weighted by atomic mass is 10.3. The van der Waals surface area contributed by atoms with Crippen LogP contribution in [-0.2, 0) is 10.9 Å². The highest BCUT2D eigenvalue weighted by atomic mass is 32.2. The molecular weight excluding hydrogens is 282 g/mol. The van der Waals surface area contributed by atoms with Crippen molar-refractivity contribution < 1.29 is 0 Å². The zero-order chi connectivity index (χ0) is 14.7. The molecule has 1 aliphatic heterocycles. The van der Waals surface area contributed by atoms with E-state index in [1.54, 1.807) is 12.4 Å². The molecule has 2 aromatic rings. The second kappa shape index (κ2) is 6.05. The summed E-state index contributed by atoms with van der Waals surface area (Å²) in [6.07, 6.45) is 3.49. The maximum Gasteiger partial charge on any atom is 0.189 e. The summed E-state index contributed by atoms with van der Waals surface area (Å²) in [5, 5.41) is 0.318. The topological polar surface area (TPSA) is 62.9 Å². The minimum absolute atomic E-state index is 0.318. The van der Waals surface area contributed by atoms with Crippen molar-refractivity contribution in [3.8, 4) is 0 Å². The third-order valence-electron chi connectivity index (χ3n) is 2.78. The number of hydrogen-bond acceptors (Lipinski definition) is 5. The minimum atomic E-state index is -0.455. The first kappa shape index (κ1) is 13.8. The van der Waals surface area contributed by atoms with E-state index < -0.39 is 10.9 Å². The maximum atomic E-state index is 4.63. The normalized spacial score (nSPS) is 18.0. The van der Waals surface area contributed by atoms with Crippen LogP contribution >= 0.6 is 0 Å². The SMILES string of the molecule is CC(C)S1=NC(c2ccccn2)=NC(c2ccccn2)=N1. The Hall–Kier alpha value is -2.21. The smallest absolute Gasteiger partial charge is 0.189 e. The van der Waals surface area contributed by atoms with Crippen molar-refractivity contribution in [1.29, 1.82) is 0 Å². The number of aliphatic imine (C=N–C) groups is 1. The molecule has 0 saturated heterocycles. The van der Waals surface area contributed by atoms with E-state index in [2.05, 4.69) is 37.6 Å². The molecule has 0 aromatic carbocycles. The Morgan fingerprint density at radius 1 is 0.857 bits per heavy atom. The highest BCUT2D eigenvalue weighted by Gasteiger charge is 2.17. The van der Waals surface area contributed by atoms with Crippen LogP contribution in [0.3, 0.4) is 0 Å². The standard InChI is InChI=1S/C15H15N5S/c1-11(2)21-19-14(12-7-3-5-9-16-12)18-15(20-21)13-8-4-6-10-17-13/h3-11H,1-2H3. The molecule has 0 aliphatic carbocycles.